The summed E-state index contributed by atoms with van der Waals surface area (Å²) in [6.07, 6.45) is 0. The van der Waals surface area contributed by atoms with Gasteiger partial charge in [0, 0.05) is 0 Å². The maximum absolute atomic E-state index is 13.1. The Hall–Kier alpha value is -1.09. The summed E-state index contributed by atoms with van der Waals surface area (Å²) >= 11 is 0. The van der Waals surface area contributed by atoms with Gasteiger partial charge in [0.05, 0.1) is 5.69 Å². The van der Waals surface area contributed by atoms with Crippen LogP contribution in [0.4, 0.5) is 10.1 Å². The van der Waals surface area contributed by atoms with Crippen molar-refractivity contribution in [3.63, 3.8) is 0 Å². The third-order valence-electron chi connectivity index (χ3n) is 1.82. The molecule has 0 bridgehead atoms. The lowest BCUT2D eigenvalue weighted by Gasteiger charge is -2.07. The molecule has 1 aromatic rings. The molecule has 0 unspecified atom stereocenters. The molecule has 0 saturated carbocycles. The van der Waals surface area contributed by atoms with Crippen molar-refractivity contribution in [2.45, 2.75) is 19.8 Å². The Labute approximate surface area is 71.6 Å². The highest BCUT2D eigenvalue weighted by molar-refractivity contribution is 5.45. The van der Waals surface area contributed by atoms with E-state index in [1.54, 1.807) is 6.07 Å². The summed E-state index contributed by atoms with van der Waals surface area (Å²) in [7, 11) is 0. The van der Waals surface area contributed by atoms with E-state index in [-0.39, 0.29) is 5.82 Å². The number of nitrogens with one attached hydrogen (secondary N) is 1. The molecule has 66 valence electrons. The van der Waals surface area contributed by atoms with Gasteiger partial charge in [-0.25, -0.2) is 4.39 Å². The van der Waals surface area contributed by atoms with Gasteiger partial charge in [0.2, 0.25) is 0 Å². The van der Waals surface area contributed by atoms with Crippen LogP contribution < -0.4 is 11.3 Å². The highest BCUT2D eigenvalue weighted by atomic mass is 19.1. The fraction of sp³-hybridized carbons (Fsp3) is 0.333. The third-order valence-corrected chi connectivity index (χ3v) is 1.82. The van der Waals surface area contributed by atoms with Gasteiger partial charge in [-0.05, 0) is 23.6 Å². The zero-order chi connectivity index (χ0) is 9.14. The number of nitrogen functional groups attached to an aromatic ring is 1. The second-order valence-electron chi connectivity index (χ2n) is 3.04. The number of benzene rings is 1. The molecule has 0 aliphatic carbocycles. The number of rotatable bonds is 2. The first-order chi connectivity index (χ1) is 5.65. The number of hydrogen-bond acceptors (Lipinski definition) is 2. The van der Waals surface area contributed by atoms with E-state index in [1.165, 1.54) is 6.07 Å². The molecule has 0 saturated heterocycles. The predicted octanol–water partition coefficient (Wildman–Crippen LogP) is 2.23. The average Bonchev–Trinajstić information content (AvgIpc) is 2.04. The smallest absolute Gasteiger partial charge is 0.147 e. The molecular weight excluding hydrogens is 155 g/mol. The summed E-state index contributed by atoms with van der Waals surface area (Å²) in [5, 5.41) is 0. The van der Waals surface area contributed by atoms with E-state index in [1.807, 2.05) is 19.9 Å². The molecule has 3 N–H and O–H groups in total. The monoisotopic (exact) mass is 168 g/mol. The van der Waals surface area contributed by atoms with Gasteiger partial charge in [0.15, 0.2) is 0 Å². The van der Waals surface area contributed by atoms with E-state index in [0.29, 0.717) is 11.6 Å². The minimum atomic E-state index is -0.302. The molecule has 12 heavy (non-hydrogen) atoms. The summed E-state index contributed by atoms with van der Waals surface area (Å²) in [6.45, 7) is 4.04. The van der Waals surface area contributed by atoms with Crippen molar-refractivity contribution in [2.24, 2.45) is 5.84 Å². The third kappa shape index (κ3) is 1.74. The van der Waals surface area contributed by atoms with Crippen LogP contribution in [0.5, 0.6) is 0 Å². The molecule has 0 fully saturated rings. The van der Waals surface area contributed by atoms with Gasteiger partial charge < -0.3 is 5.43 Å². The second kappa shape index (κ2) is 3.54. The van der Waals surface area contributed by atoms with Crippen LogP contribution in [0.15, 0.2) is 18.2 Å². The van der Waals surface area contributed by atoms with Gasteiger partial charge >= 0.3 is 0 Å². The largest absolute Gasteiger partial charge is 0.321 e. The molecule has 0 aromatic heterocycles. The molecule has 0 aliphatic heterocycles. The quantitative estimate of drug-likeness (QED) is 0.525. The van der Waals surface area contributed by atoms with Crippen LogP contribution in [0.2, 0.25) is 0 Å². The van der Waals surface area contributed by atoms with Crippen LogP contribution in [-0.4, -0.2) is 0 Å². The van der Waals surface area contributed by atoms with Crippen molar-refractivity contribution in [3.8, 4) is 0 Å². The minimum absolute atomic E-state index is 0.302. The van der Waals surface area contributed by atoms with Crippen molar-refractivity contribution < 1.29 is 4.39 Å². The highest BCUT2D eigenvalue weighted by Gasteiger charge is 2.03. The van der Waals surface area contributed by atoms with Crippen molar-refractivity contribution in [1.82, 2.24) is 0 Å². The van der Waals surface area contributed by atoms with E-state index in [0.717, 1.165) is 5.56 Å². The van der Waals surface area contributed by atoms with Crippen molar-refractivity contribution in [3.05, 3.63) is 29.6 Å². The zero-order valence-corrected chi connectivity index (χ0v) is 7.26. The molecule has 1 aromatic carbocycles. The fourth-order valence-corrected chi connectivity index (χ4v) is 1.01. The first-order valence-corrected chi connectivity index (χ1v) is 3.91. The first kappa shape index (κ1) is 9.00. The van der Waals surface area contributed by atoms with Crippen LogP contribution in [0, 0.1) is 5.82 Å². The maximum atomic E-state index is 13.1. The molecule has 0 radical (unpaired) electrons. The van der Waals surface area contributed by atoms with Crippen molar-refractivity contribution in [1.29, 1.82) is 0 Å². The lowest BCUT2D eigenvalue weighted by molar-refractivity contribution is 0.626. The summed E-state index contributed by atoms with van der Waals surface area (Å²) in [5.74, 6) is 5.12. The molecule has 0 atom stereocenters. The van der Waals surface area contributed by atoms with E-state index in [2.05, 4.69) is 5.43 Å². The Bertz CT molecular complexity index is 271. The topological polar surface area (TPSA) is 38.0 Å². The van der Waals surface area contributed by atoms with Crippen LogP contribution in [-0.2, 0) is 0 Å². The average molecular weight is 168 g/mol. The Balaban J connectivity index is 3.02. The van der Waals surface area contributed by atoms with Crippen LogP contribution >= 0.6 is 0 Å². The van der Waals surface area contributed by atoms with Crippen LogP contribution in [0.1, 0.15) is 25.3 Å². The normalized spacial score (nSPS) is 10.4. The van der Waals surface area contributed by atoms with Gasteiger partial charge in [-0.15, -0.1) is 0 Å². The van der Waals surface area contributed by atoms with Gasteiger partial charge in [-0.3, -0.25) is 5.84 Å². The van der Waals surface area contributed by atoms with Gasteiger partial charge in [-0.2, -0.15) is 0 Å². The van der Waals surface area contributed by atoms with E-state index < -0.39 is 0 Å². The Morgan fingerprint density at radius 1 is 1.42 bits per heavy atom. The number of nitrogens with two attached hydrogens (primary N) is 1. The molecule has 0 heterocycles. The molecule has 0 aliphatic rings. The summed E-state index contributed by atoms with van der Waals surface area (Å²) < 4.78 is 13.1. The molecular formula is C9H13FN2. The zero-order valence-electron chi connectivity index (χ0n) is 7.26. The number of anilines is 1. The Morgan fingerprint density at radius 2 is 2.08 bits per heavy atom. The standard InChI is InChI=1S/C9H13FN2/c1-6(2)7-3-4-9(12-11)8(10)5-7/h3-6,12H,11H2,1-2H3. The predicted molar refractivity (Wildman–Crippen MR) is 48.3 cm³/mol. The van der Waals surface area contributed by atoms with Gasteiger partial charge in [0.25, 0.3) is 0 Å². The van der Waals surface area contributed by atoms with Crippen LogP contribution in [0.25, 0.3) is 0 Å². The maximum Gasteiger partial charge on any atom is 0.147 e. The second-order valence-corrected chi connectivity index (χ2v) is 3.04. The molecule has 0 amide bonds. The summed E-state index contributed by atoms with van der Waals surface area (Å²) in [6, 6.07) is 5.01. The lowest BCUT2D eigenvalue weighted by Crippen LogP contribution is -2.08. The van der Waals surface area contributed by atoms with Gasteiger partial charge in [0.1, 0.15) is 5.82 Å². The fourth-order valence-electron chi connectivity index (χ4n) is 1.01. The SMILES string of the molecule is CC(C)c1ccc(NN)c(F)c1. The molecule has 3 heteroatoms. The van der Waals surface area contributed by atoms with E-state index in [4.69, 9.17) is 5.84 Å². The molecule has 0 spiro atoms. The highest BCUT2D eigenvalue weighted by Crippen LogP contribution is 2.20. The van der Waals surface area contributed by atoms with Crippen molar-refractivity contribution >= 4 is 5.69 Å². The number of hydrogen-bond donors (Lipinski definition) is 2. The lowest BCUT2D eigenvalue weighted by atomic mass is 10.0. The Kier molecular flexibility index (Phi) is 2.65. The molecule has 1 rings (SSSR count). The summed E-state index contributed by atoms with van der Waals surface area (Å²) in [5.41, 5.74) is 3.60. The van der Waals surface area contributed by atoms with E-state index in [9.17, 15) is 4.39 Å². The van der Waals surface area contributed by atoms with Crippen molar-refractivity contribution in [2.75, 3.05) is 5.43 Å². The number of hydrazine groups is 1. The Morgan fingerprint density at radius 3 is 2.50 bits per heavy atom. The van der Waals surface area contributed by atoms with E-state index >= 15 is 0 Å². The van der Waals surface area contributed by atoms with Crippen LogP contribution in [0.3, 0.4) is 0 Å². The number of halogens is 1. The molecule has 2 nitrogen and oxygen atoms in total. The van der Waals surface area contributed by atoms with Gasteiger partial charge in [-0.1, -0.05) is 19.9 Å². The summed E-state index contributed by atoms with van der Waals surface area (Å²) in [4.78, 5) is 0. The minimum Gasteiger partial charge on any atom is -0.321 e. The first-order valence-electron chi connectivity index (χ1n) is 3.91.